The van der Waals surface area contributed by atoms with E-state index in [1.807, 2.05) is 48.5 Å². The molecule has 0 N–H and O–H groups in total. The summed E-state index contributed by atoms with van der Waals surface area (Å²) in [6.45, 7) is 5.79. The van der Waals surface area contributed by atoms with Gasteiger partial charge in [-0.3, -0.25) is 9.69 Å². The summed E-state index contributed by atoms with van der Waals surface area (Å²) in [5, 5.41) is 0.438. The van der Waals surface area contributed by atoms with E-state index in [2.05, 4.69) is 4.98 Å². The lowest BCUT2D eigenvalue weighted by atomic mass is 10.2. The number of anilines is 1. The van der Waals surface area contributed by atoms with E-state index in [-0.39, 0.29) is 12.5 Å². The van der Waals surface area contributed by atoms with E-state index in [1.54, 1.807) is 37.8 Å². The van der Waals surface area contributed by atoms with E-state index >= 15 is 0 Å². The summed E-state index contributed by atoms with van der Waals surface area (Å²) in [5.74, 6) is -0.0631. The number of aromatic nitrogens is 1. The molecule has 0 fully saturated rings. The predicted octanol–water partition coefficient (Wildman–Crippen LogP) is 4.63. The fourth-order valence-corrected chi connectivity index (χ4v) is 3.83. The van der Waals surface area contributed by atoms with E-state index in [0.29, 0.717) is 28.0 Å². The highest BCUT2D eigenvalue weighted by atomic mass is 32.1. The molecule has 0 bridgehead atoms. The van der Waals surface area contributed by atoms with E-state index in [1.165, 1.54) is 0 Å². The molecule has 3 aromatic rings. The van der Waals surface area contributed by atoms with Gasteiger partial charge in [0.15, 0.2) is 11.2 Å². The number of nitrogens with zero attached hydrogens (tertiary/aromatic N) is 2. The summed E-state index contributed by atoms with van der Waals surface area (Å²) in [5.41, 5.74) is 1.49. The fraction of sp³-hybridized carbons (Fsp3) is 0.261. The summed E-state index contributed by atoms with van der Waals surface area (Å²) < 4.78 is 10.9. The highest BCUT2D eigenvalue weighted by Crippen LogP contribution is 2.29. The van der Waals surface area contributed by atoms with Gasteiger partial charge in [-0.1, -0.05) is 59.9 Å². The van der Waals surface area contributed by atoms with Gasteiger partial charge in [0.05, 0.1) is 18.8 Å². The van der Waals surface area contributed by atoms with Gasteiger partial charge in [-0.25, -0.2) is 9.78 Å². The van der Waals surface area contributed by atoms with Crippen LogP contribution >= 0.6 is 11.3 Å². The van der Waals surface area contributed by atoms with Crippen LogP contribution in [0, 0.1) is 6.92 Å². The molecule has 6 nitrogen and oxygen atoms in total. The average molecular weight is 425 g/mol. The van der Waals surface area contributed by atoms with E-state index in [4.69, 9.17) is 9.47 Å². The fourth-order valence-electron chi connectivity index (χ4n) is 2.86. The first-order valence-electron chi connectivity index (χ1n) is 9.71. The number of thiazole rings is 1. The Hall–Kier alpha value is -3.19. The summed E-state index contributed by atoms with van der Waals surface area (Å²) in [7, 11) is 0. The Labute approximate surface area is 180 Å². The van der Waals surface area contributed by atoms with Crippen molar-refractivity contribution < 1.29 is 19.1 Å². The molecule has 0 aliphatic carbocycles. The van der Waals surface area contributed by atoms with E-state index in [9.17, 15) is 9.59 Å². The van der Waals surface area contributed by atoms with Crippen molar-refractivity contribution >= 4 is 28.3 Å². The van der Waals surface area contributed by atoms with Crippen molar-refractivity contribution in [2.24, 2.45) is 0 Å². The Balaban J connectivity index is 1.89. The van der Waals surface area contributed by atoms with Crippen LogP contribution < -0.4 is 9.64 Å². The highest BCUT2D eigenvalue weighted by Gasteiger charge is 2.28. The normalized spacial score (nSPS) is 11.6. The molecule has 1 amide bonds. The molecule has 156 valence electrons. The topological polar surface area (TPSA) is 68.7 Å². The third kappa shape index (κ3) is 5.24. The molecule has 7 heteroatoms. The standard InChI is InChI=1S/C23H24N2O4S/c1-4-28-22(27)20-16(2)24-23(30-20)25(15-18-11-7-5-8-12-18)21(26)17(3)29-19-13-9-6-10-14-19/h5-14,17H,4,15H2,1-3H3. The molecule has 2 aromatic carbocycles. The molecule has 3 rings (SSSR count). The number of esters is 1. The maximum absolute atomic E-state index is 13.3. The number of hydrogen-bond donors (Lipinski definition) is 0. The second-order valence-electron chi connectivity index (χ2n) is 6.61. The van der Waals surface area contributed by atoms with E-state index < -0.39 is 12.1 Å². The largest absolute Gasteiger partial charge is 0.481 e. The number of benzene rings is 2. The first-order valence-corrected chi connectivity index (χ1v) is 10.5. The Kier molecular flexibility index (Phi) is 7.19. The maximum Gasteiger partial charge on any atom is 0.350 e. The van der Waals surface area contributed by atoms with Gasteiger partial charge in [0, 0.05) is 0 Å². The lowest BCUT2D eigenvalue weighted by molar-refractivity contribution is -0.124. The third-order valence-corrected chi connectivity index (χ3v) is 5.49. The highest BCUT2D eigenvalue weighted by molar-refractivity contribution is 7.17. The van der Waals surface area contributed by atoms with Crippen molar-refractivity contribution in [2.45, 2.75) is 33.4 Å². The molecule has 0 saturated heterocycles. The molecule has 0 aliphatic heterocycles. The van der Waals surface area contributed by atoms with Crippen molar-refractivity contribution in [1.29, 1.82) is 0 Å². The van der Waals surface area contributed by atoms with Crippen molar-refractivity contribution in [1.82, 2.24) is 4.98 Å². The lowest BCUT2D eigenvalue weighted by Gasteiger charge is -2.24. The number of hydrogen-bond acceptors (Lipinski definition) is 6. The molecular formula is C23H24N2O4S. The second kappa shape index (κ2) is 10.0. The molecule has 1 atom stereocenters. The molecule has 0 saturated carbocycles. The summed E-state index contributed by atoms with van der Waals surface area (Å²) in [6.07, 6.45) is -0.730. The minimum absolute atomic E-state index is 0.244. The molecule has 1 heterocycles. The van der Waals surface area contributed by atoms with Gasteiger partial charge in [-0.15, -0.1) is 0 Å². The minimum Gasteiger partial charge on any atom is -0.481 e. The first kappa shape index (κ1) is 21.5. The van der Waals surface area contributed by atoms with Gasteiger partial charge in [-0.2, -0.15) is 0 Å². The zero-order valence-corrected chi connectivity index (χ0v) is 18.0. The summed E-state index contributed by atoms with van der Waals surface area (Å²) in [4.78, 5) is 32.0. The van der Waals surface area contributed by atoms with Crippen LogP contribution in [0.1, 0.15) is 34.8 Å². The Morgan fingerprint density at radius 3 is 2.33 bits per heavy atom. The van der Waals surface area contributed by atoms with Crippen LogP contribution in [0.4, 0.5) is 5.13 Å². The smallest absolute Gasteiger partial charge is 0.350 e. The molecule has 1 unspecified atom stereocenters. The molecule has 0 radical (unpaired) electrons. The molecular weight excluding hydrogens is 400 g/mol. The van der Waals surface area contributed by atoms with Crippen LogP contribution in [0.2, 0.25) is 0 Å². The summed E-state index contributed by atoms with van der Waals surface area (Å²) in [6, 6.07) is 18.8. The number of para-hydroxylation sites is 1. The summed E-state index contributed by atoms with van der Waals surface area (Å²) >= 11 is 1.15. The van der Waals surface area contributed by atoms with Gasteiger partial charge in [0.1, 0.15) is 10.6 Å². The van der Waals surface area contributed by atoms with Crippen molar-refractivity contribution in [2.75, 3.05) is 11.5 Å². The number of carbonyl (C=O) groups is 2. The van der Waals surface area contributed by atoms with Crippen LogP contribution in [0.5, 0.6) is 5.75 Å². The van der Waals surface area contributed by atoms with Gasteiger partial charge in [-0.05, 0) is 38.5 Å². The minimum atomic E-state index is -0.730. The number of rotatable bonds is 8. The number of aryl methyl sites for hydroxylation is 1. The first-order chi connectivity index (χ1) is 14.5. The van der Waals surface area contributed by atoms with Gasteiger partial charge < -0.3 is 9.47 Å². The van der Waals surface area contributed by atoms with E-state index in [0.717, 1.165) is 16.9 Å². The van der Waals surface area contributed by atoms with Gasteiger partial charge in [0.2, 0.25) is 0 Å². The van der Waals surface area contributed by atoms with Crippen molar-refractivity contribution in [3.05, 3.63) is 76.8 Å². The van der Waals surface area contributed by atoms with Crippen LogP contribution in [0.15, 0.2) is 60.7 Å². The number of amides is 1. The SMILES string of the molecule is CCOC(=O)c1sc(N(Cc2ccccc2)C(=O)C(C)Oc2ccccc2)nc1C. The molecule has 30 heavy (non-hydrogen) atoms. The number of carbonyl (C=O) groups excluding carboxylic acids is 2. The second-order valence-corrected chi connectivity index (χ2v) is 7.59. The number of ether oxygens (including phenoxy) is 2. The van der Waals surface area contributed by atoms with Crippen LogP contribution in [-0.2, 0) is 16.1 Å². The Bertz CT molecular complexity index is 989. The molecule has 0 spiro atoms. The lowest BCUT2D eigenvalue weighted by Crippen LogP contribution is -2.40. The average Bonchev–Trinajstić information content (AvgIpc) is 3.14. The van der Waals surface area contributed by atoms with Crippen LogP contribution in [-0.4, -0.2) is 29.6 Å². The maximum atomic E-state index is 13.3. The quantitative estimate of drug-likeness (QED) is 0.493. The molecule has 0 aliphatic rings. The Morgan fingerprint density at radius 2 is 1.70 bits per heavy atom. The third-order valence-electron chi connectivity index (χ3n) is 4.33. The van der Waals surface area contributed by atoms with Crippen molar-refractivity contribution in [3.63, 3.8) is 0 Å². The van der Waals surface area contributed by atoms with Gasteiger partial charge >= 0.3 is 5.97 Å². The van der Waals surface area contributed by atoms with Gasteiger partial charge in [0.25, 0.3) is 5.91 Å². The Morgan fingerprint density at radius 1 is 1.07 bits per heavy atom. The van der Waals surface area contributed by atoms with Crippen LogP contribution in [0.25, 0.3) is 0 Å². The van der Waals surface area contributed by atoms with Crippen LogP contribution in [0.3, 0.4) is 0 Å². The molecule has 1 aromatic heterocycles. The zero-order valence-electron chi connectivity index (χ0n) is 17.2. The van der Waals surface area contributed by atoms with Crippen molar-refractivity contribution in [3.8, 4) is 5.75 Å². The monoisotopic (exact) mass is 424 g/mol. The zero-order chi connectivity index (χ0) is 21.5. The predicted molar refractivity (Wildman–Crippen MR) is 117 cm³/mol.